The second kappa shape index (κ2) is 6.01. The van der Waals surface area contributed by atoms with Crippen LogP contribution in [0.5, 0.6) is 0 Å². The van der Waals surface area contributed by atoms with Gasteiger partial charge in [0.05, 0.1) is 0 Å². The molecule has 0 rings (SSSR count). The highest BCUT2D eigenvalue weighted by molar-refractivity contribution is 4.54. The predicted molar refractivity (Wildman–Crippen MR) is 40.2 cm³/mol. The van der Waals surface area contributed by atoms with E-state index in [4.69, 9.17) is 11.5 Å². The largest absolute Gasteiger partial charge is 0.329 e. The lowest BCUT2D eigenvalue weighted by molar-refractivity contribution is 0.304. The Morgan fingerprint density at radius 1 is 1.11 bits per heavy atom. The fourth-order valence-corrected chi connectivity index (χ4v) is 0.793. The molecule has 0 saturated carbocycles. The van der Waals surface area contributed by atoms with Gasteiger partial charge in [-0.2, -0.15) is 0 Å². The van der Waals surface area contributed by atoms with E-state index in [1.807, 2.05) is 0 Å². The molecule has 0 aliphatic rings. The highest BCUT2D eigenvalue weighted by Gasteiger charge is 1.96. The van der Waals surface area contributed by atoms with Crippen molar-refractivity contribution in [1.82, 2.24) is 4.90 Å². The highest BCUT2D eigenvalue weighted by Crippen LogP contribution is 1.81. The van der Waals surface area contributed by atoms with Gasteiger partial charge >= 0.3 is 0 Å². The van der Waals surface area contributed by atoms with Crippen molar-refractivity contribution < 1.29 is 0 Å². The molecule has 0 aromatic carbocycles. The van der Waals surface area contributed by atoms with Gasteiger partial charge in [0, 0.05) is 26.2 Å². The molecule has 0 aromatic rings. The second-order valence-electron chi connectivity index (χ2n) is 2.01. The zero-order valence-electron chi connectivity index (χ0n) is 6.14. The Morgan fingerprint density at radius 2 is 1.56 bits per heavy atom. The highest BCUT2D eigenvalue weighted by atomic mass is 15.1. The number of hydrogen-bond acceptors (Lipinski definition) is 3. The van der Waals surface area contributed by atoms with Gasteiger partial charge in [0.1, 0.15) is 0 Å². The maximum Gasteiger partial charge on any atom is 0.0105 e. The molecule has 0 amide bonds. The fraction of sp³-hybridized carbons (Fsp3) is 1.00. The summed E-state index contributed by atoms with van der Waals surface area (Å²) < 4.78 is 0. The molecule has 3 nitrogen and oxygen atoms in total. The van der Waals surface area contributed by atoms with Gasteiger partial charge in [-0.25, -0.2) is 0 Å². The summed E-state index contributed by atoms with van der Waals surface area (Å²) >= 11 is 0. The Kier molecular flexibility index (Phi) is 5.93. The first-order valence-corrected chi connectivity index (χ1v) is 3.47. The molecule has 0 spiro atoms. The zero-order valence-corrected chi connectivity index (χ0v) is 6.14. The number of likely N-dealkylation sites (N-methyl/N-ethyl adjacent to an activating group) is 1. The summed E-state index contributed by atoms with van der Waals surface area (Å²) in [5, 5.41) is 0. The van der Waals surface area contributed by atoms with Crippen molar-refractivity contribution in [2.24, 2.45) is 11.5 Å². The molecule has 0 heterocycles. The van der Waals surface area contributed by atoms with Gasteiger partial charge in [-0.1, -0.05) is 6.92 Å². The Labute approximate surface area is 57.0 Å². The molecule has 0 radical (unpaired) electrons. The summed E-state index contributed by atoms with van der Waals surface area (Å²) in [6.45, 7) is 6.56. The lowest BCUT2D eigenvalue weighted by Crippen LogP contribution is -2.33. The third-order valence-electron chi connectivity index (χ3n) is 1.34. The number of nitrogens with two attached hydrogens (primary N) is 2. The smallest absolute Gasteiger partial charge is 0.0105 e. The molecule has 0 atom stereocenters. The quantitative estimate of drug-likeness (QED) is 0.515. The molecule has 0 aliphatic heterocycles. The normalized spacial score (nSPS) is 10.7. The molecule has 3 heteroatoms. The van der Waals surface area contributed by atoms with Gasteiger partial charge in [0.15, 0.2) is 0 Å². The molecule has 56 valence electrons. The average Bonchev–Trinajstić information content (AvgIpc) is 1.88. The Hall–Kier alpha value is -0.120. The number of rotatable bonds is 5. The molecule has 0 saturated heterocycles. The van der Waals surface area contributed by atoms with E-state index in [-0.39, 0.29) is 0 Å². The first-order valence-electron chi connectivity index (χ1n) is 3.47. The zero-order chi connectivity index (χ0) is 7.11. The summed E-state index contributed by atoms with van der Waals surface area (Å²) in [6.07, 6.45) is 0. The van der Waals surface area contributed by atoms with Crippen molar-refractivity contribution in [1.29, 1.82) is 0 Å². The van der Waals surface area contributed by atoms with Crippen LogP contribution in [-0.2, 0) is 0 Å². The van der Waals surface area contributed by atoms with Gasteiger partial charge in [-0.15, -0.1) is 0 Å². The van der Waals surface area contributed by atoms with Crippen LogP contribution in [0.1, 0.15) is 6.92 Å². The predicted octanol–water partition coefficient (Wildman–Crippen LogP) is -0.774. The third kappa shape index (κ3) is 4.39. The van der Waals surface area contributed by atoms with Crippen molar-refractivity contribution in [2.45, 2.75) is 6.92 Å². The maximum atomic E-state index is 5.35. The van der Waals surface area contributed by atoms with Crippen LogP contribution in [0, 0.1) is 0 Å². The van der Waals surface area contributed by atoms with Gasteiger partial charge in [0.25, 0.3) is 0 Å². The van der Waals surface area contributed by atoms with Crippen LogP contribution in [0.15, 0.2) is 0 Å². The summed E-state index contributed by atoms with van der Waals surface area (Å²) in [4.78, 5) is 2.24. The molecule has 0 aliphatic carbocycles. The molecule has 9 heavy (non-hydrogen) atoms. The minimum atomic E-state index is 0.730. The van der Waals surface area contributed by atoms with Crippen LogP contribution >= 0.6 is 0 Å². The van der Waals surface area contributed by atoms with E-state index in [1.165, 1.54) is 0 Å². The number of nitrogens with zero attached hydrogens (tertiary/aromatic N) is 1. The van der Waals surface area contributed by atoms with E-state index in [0.29, 0.717) is 0 Å². The Bertz CT molecular complexity index is 50.3. The van der Waals surface area contributed by atoms with Gasteiger partial charge < -0.3 is 16.4 Å². The van der Waals surface area contributed by atoms with Crippen LogP contribution in [0.25, 0.3) is 0 Å². The van der Waals surface area contributed by atoms with Crippen LogP contribution in [0.3, 0.4) is 0 Å². The topological polar surface area (TPSA) is 55.3 Å². The fourth-order valence-electron chi connectivity index (χ4n) is 0.793. The summed E-state index contributed by atoms with van der Waals surface area (Å²) in [5.41, 5.74) is 10.7. The van der Waals surface area contributed by atoms with E-state index in [2.05, 4.69) is 11.8 Å². The monoisotopic (exact) mass is 131 g/mol. The Morgan fingerprint density at radius 3 is 1.78 bits per heavy atom. The van der Waals surface area contributed by atoms with Crippen molar-refractivity contribution >= 4 is 0 Å². The lowest BCUT2D eigenvalue weighted by atomic mass is 10.4. The summed E-state index contributed by atoms with van der Waals surface area (Å²) in [7, 11) is 0. The van der Waals surface area contributed by atoms with Crippen molar-refractivity contribution in [3.05, 3.63) is 0 Å². The van der Waals surface area contributed by atoms with Crippen molar-refractivity contribution in [3.8, 4) is 0 Å². The van der Waals surface area contributed by atoms with Gasteiger partial charge in [-0.3, -0.25) is 0 Å². The van der Waals surface area contributed by atoms with Gasteiger partial charge in [-0.05, 0) is 6.54 Å². The van der Waals surface area contributed by atoms with E-state index in [1.54, 1.807) is 0 Å². The molecular weight excluding hydrogens is 114 g/mol. The lowest BCUT2D eigenvalue weighted by Gasteiger charge is -2.17. The SMILES string of the molecule is CCN(CCN)CCN. The van der Waals surface area contributed by atoms with E-state index in [9.17, 15) is 0 Å². The Balaban J connectivity index is 3.18. The second-order valence-corrected chi connectivity index (χ2v) is 2.01. The minimum Gasteiger partial charge on any atom is -0.329 e. The third-order valence-corrected chi connectivity index (χ3v) is 1.34. The standard InChI is InChI=1S/C6H17N3/c1-2-9(5-3-7)6-4-8/h2-8H2,1H3. The molecule has 0 fully saturated rings. The molecule has 0 bridgehead atoms. The van der Waals surface area contributed by atoms with Crippen LogP contribution in [-0.4, -0.2) is 37.6 Å². The molecular formula is C6H17N3. The van der Waals surface area contributed by atoms with Gasteiger partial charge in [0.2, 0.25) is 0 Å². The maximum absolute atomic E-state index is 5.35. The molecule has 0 unspecified atom stereocenters. The molecule has 0 aromatic heterocycles. The van der Waals surface area contributed by atoms with E-state index in [0.717, 1.165) is 32.7 Å². The van der Waals surface area contributed by atoms with Crippen LogP contribution < -0.4 is 11.5 Å². The van der Waals surface area contributed by atoms with E-state index < -0.39 is 0 Å². The van der Waals surface area contributed by atoms with Crippen LogP contribution in [0.2, 0.25) is 0 Å². The van der Waals surface area contributed by atoms with E-state index >= 15 is 0 Å². The first-order chi connectivity index (χ1) is 4.35. The van der Waals surface area contributed by atoms with Crippen molar-refractivity contribution in [2.75, 3.05) is 32.7 Å². The summed E-state index contributed by atoms with van der Waals surface area (Å²) in [5.74, 6) is 0. The summed E-state index contributed by atoms with van der Waals surface area (Å²) in [6, 6.07) is 0. The first kappa shape index (κ1) is 8.88. The average molecular weight is 131 g/mol. The number of hydrogen-bond donors (Lipinski definition) is 2. The van der Waals surface area contributed by atoms with Crippen LogP contribution in [0.4, 0.5) is 0 Å². The minimum absolute atomic E-state index is 0.730. The van der Waals surface area contributed by atoms with Crippen molar-refractivity contribution in [3.63, 3.8) is 0 Å². The molecule has 4 N–H and O–H groups in total.